The summed E-state index contributed by atoms with van der Waals surface area (Å²) in [6.45, 7) is 0. The molecule has 0 saturated carbocycles. The summed E-state index contributed by atoms with van der Waals surface area (Å²) in [6, 6.07) is 7.49. The summed E-state index contributed by atoms with van der Waals surface area (Å²) in [5.74, 6) is 0. The lowest BCUT2D eigenvalue weighted by Crippen LogP contribution is -2.24. The molecular weight excluding hydrogens is 275 g/mol. The topological polar surface area (TPSA) is 33.1 Å². The zero-order chi connectivity index (χ0) is 13.7. The van der Waals surface area contributed by atoms with E-state index in [1.165, 1.54) is 0 Å². The van der Waals surface area contributed by atoms with Gasteiger partial charge in [0.1, 0.15) is 5.60 Å². The molecule has 0 bridgehead atoms. The van der Waals surface area contributed by atoms with Crippen LogP contribution in [0, 0.1) is 0 Å². The van der Waals surface area contributed by atoms with Crippen molar-refractivity contribution in [2.45, 2.75) is 24.6 Å². The molecule has 1 heterocycles. The molecule has 0 aliphatic heterocycles. The van der Waals surface area contributed by atoms with Crippen LogP contribution < -0.4 is 0 Å². The SMILES string of the molecule is OC1(c2cnc(C(F)(F)F)s2)Cc2ccccc2C1. The van der Waals surface area contributed by atoms with Crippen LogP contribution in [0.4, 0.5) is 13.2 Å². The Hall–Kier alpha value is -1.40. The van der Waals surface area contributed by atoms with Gasteiger partial charge in [-0.25, -0.2) is 4.98 Å². The van der Waals surface area contributed by atoms with Crippen molar-refractivity contribution in [2.75, 3.05) is 0 Å². The van der Waals surface area contributed by atoms with E-state index in [2.05, 4.69) is 4.98 Å². The predicted molar refractivity (Wildman–Crippen MR) is 64.9 cm³/mol. The number of alkyl halides is 3. The van der Waals surface area contributed by atoms with Gasteiger partial charge in [-0.1, -0.05) is 24.3 Å². The summed E-state index contributed by atoms with van der Waals surface area (Å²) in [6.07, 6.45) is -2.64. The van der Waals surface area contributed by atoms with Crippen LogP contribution in [0.1, 0.15) is 21.0 Å². The molecule has 0 fully saturated rings. The first-order valence-electron chi connectivity index (χ1n) is 5.71. The molecule has 0 amide bonds. The number of aliphatic hydroxyl groups is 1. The van der Waals surface area contributed by atoms with Gasteiger partial charge in [-0.2, -0.15) is 13.2 Å². The van der Waals surface area contributed by atoms with Gasteiger partial charge in [0.15, 0.2) is 5.01 Å². The zero-order valence-electron chi connectivity index (χ0n) is 9.74. The molecule has 6 heteroatoms. The van der Waals surface area contributed by atoms with Gasteiger partial charge in [0.05, 0.1) is 4.88 Å². The Kier molecular flexibility index (Phi) is 2.69. The fourth-order valence-electron chi connectivity index (χ4n) is 2.39. The van der Waals surface area contributed by atoms with Gasteiger partial charge < -0.3 is 5.11 Å². The van der Waals surface area contributed by atoms with Crippen LogP contribution in [0.3, 0.4) is 0 Å². The number of thiazole rings is 1. The molecule has 19 heavy (non-hydrogen) atoms. The van der Waals surface area contributed by atoms with Crippen LogP contribution in [0.15, 0.2) is 30.5 Å². The summed E-state index contributed by atoms with van der Waals surface area (Å²) < 4.78 is 37.6. The molecule has 2 aromatic rings. The lowest BCUT2D eigenvalue weighted by atomic mass is 9.99. The minimum absolute atomic E-state index is 0.274. The van der Waals surface area contributed by atoms with Gasteiger partial charge >= 0.3 is 6.18 Å². The third-order valence-electron chi connectivity index (χ3n) is 3.29. The van der Waals surface area contributed by atoms with Crippen LogP contribution in [-0.4, -0.2) is 10.1 Å². The molecule has 3 rings (SSSR count). The molecule has 0 unspecified atom stereocenters. The van der Waals surface area contributed by atoms with E-state index >= 15 is 0 Å². The van der Waals surface area contributed by atoms with Crippen molar-refractivity contribution in [1.29, 1.82) is 0 Å². The number of rotatable bonds is 1. The third-order valence-corrected chi connectivity index (χ3v) is 4.53. The van der Waals surface area contributed by atoms with E-state index in [4.69, 9.17) is 0 Å². The Balaban J connectivity index is 1.94. The Morgan fingerprint density at radius 2 is 1.74 bits per heavy atom. The maximum atomic E-state index is 12.5. The van der Waals surface area contributed by atoms with Crippen molar-refractivity contribution in [1.82, 2.24) is 4.98 Å². The van der Waals surface area contributed by atoms with Gasteiger partial charge in [0.2, 0.25) is 0 Å². The number of hydrogen-bond acceptors (Lipinski definition) is 3. The summed E-state index contributed by atoms with van der Waals surface area (Å²) >= 11 is 0.520. The Morgan fingerprint density at radius 1 is 1.16 bits per heavy atom. The zero-order valence-corrected chi connectivity index (χ0v) is 10.6. The van der Waals surface area contributed by atoms with Crippen LogP contribution in [0.2, 0.25) is 0 Å². The summed E-state index contributed by atoms with van der Waals surface area (Å²) in [5, 5.41) is 9.66. The molecule has 1 aromatic carbocycles. The molecule has 0 spiro atoms. The highest BCUT2D eigenvalue weighted by Gasteiger charge is 2.41. The second-order valence-corrected chi connectivity index (χ2v) is 5.71. The molecule has 1 N–H and O–H groups in total. The van der Waals surface area contributed by atoms with Gasteiger partial charge in [-0.3, -0.25) is 0 Å². The van der Waals surface area contributed by atoms with E-state index in [1.54, 1.807) is 0 Å². The van der Waals surface area contributed by atoms with Crippen LogP contribution >= 0.6 is 11.3 Å². The first-order chi connectivity index (χ1) is 8.88. The maximum absolute atomic E-state index is 12.5. The van der Waals surface area contributed by atoms with E-state index in [-0.39, 0.29) is 4.88 Å². The normalized spacial score (nSPS) is 17.5. The molecule has 0 atom stereocenters. The number of hydrogen-bond donors (Lipinski definition) is 1. The predicted octanol–water partition coefficient (Wildman–Crippen LogP) is 3.15. The number of nitrogens with zero attached hydrogens (tertiary/aromatic N) is 1. The van der Waals surface area contributed by atoms with E-state index in [9.17, 15) is 18.3 Å². The van der Waals surface area contributed by atoms with E-state index in [0.717, 1.165) is 17.3 Å². The number of fused-ring (bicyclic) bond motifs is 1. The molecule has 0 radical (unpaired) electrons. The average Bonchev–Trinajstić information content (AvgIpc) is 2.91. The quantitative estimate of drug-likeness (QED) is 0.873. The minimum Gasteiger partial charge on any atom is -0.384 e. The van der Waals surface area contributed by atoms with Crippen molar-refractivity contribution in [2.24, 2.45) is 0 Å². The smallest absolute Gasteiger partial charge is 0.384 e. The van der Waals surface area contributed by atoms with Crippen LogP contribution in [0.25, 0.3) is 0 Å². The van der Waals surface area contributed by atoms with Gasteiger partial charge in [-0.15, -0.1) is 11.3 Å². The fraction of sp³-hybridized carbons (Fsp3) is 0.308. The summed E-state index contributed by atoms with van der Waals surface area (Å²) in [5.41, 5.74) is 0.698. The number of halogens is 3. The molecule has 100 valence electrons. The molecular formula is C13H10F3NOS. The van der Waals surface area contributed by atoms with Crippen molar-refractivity contribution in [3.05, 3.63) is 51.5 Å². The fourth-order valence-corrected chi connectivity index (χ4v) is 3.26. The summed E-state index contributed by atoms with van der Waals surface area (Å²) in [7, 11) is 0. The summed E-state index contributed by atoms with van der Waals surface area (Å²) in [4.78, 5) is 3.65. The molecule has 1 aromatic heterocycles. The minimum atomic E-state index is -4.45. The Bertz CT molecular complexity index is 595. The van der Waals surface area contributed by atoms with Crippen molar-refractivity contribution in [3.63, 3.8) is 0 Å². The Morgan fingerprint density at radius 3 is 2.21 bits per heavy atom. The Labute approximate surface area is 111 Å². The van der Waals surface area contributed by atoms with Crippen LogP contribution in [0.5, 0.6) is 0 Å². The first-order valence-corrected chi connectivity index (χ1v) is 6.53. The second kappa shape index (κ2) is 4.05. The lowest BCUT2D eigenvalue weighted by molar-refractivity contribution is -0.137. The average molecular weight is 285 g/mol. The van der Waals surface area contributed by atoms with Crippen molar-refractivity contribution in [3.8, 4) is 0 Å². The molecule has 0 saturated heterocycles. The highest BCUT2D eigenvalue weighted by molar-refractivity contribution is 7.11. The standard InChI is InChI=1S/C13H10F3NOS/c14-13(15,16)11-17-7-10(19-11)12(18)5-8-3-1-2-4-9(8)6-12/h1-4,7,18H,5-6H2. The van der Waals surface area contributed by atoms with Gasteiger partial charge in [0, 0.05) is 19.0 Å². The third kappa shape index (κ3) is 2.15. The lowest BCUT2D eigenvalue weighted by Gasteiger charge is -2.19. The largest absolute Gasteiger partial charge is 0.443 e. The molecule has 1 aliphatic carbocycles. The second-order valence-electron chi connectivity index (χ2n) is 4.68. The van der Waals surface area contributed by atoms with Crippen molar-refractivity contribution < 1.29 is 18.3 Å². The number of benzene rings is 1. The van der Waals surface area contributed by atoms with Crippen molar-refractivity contribution >= 4 is 11.3 Å². The van der Waals surface area contributed by atoms with E-state index in [1.807, 2.05) is 24.3 Å². The highest BCUT2D eigenvalue weighted by Crippen LogP contribution is 2.42. The number of aromatic nitrogens is 1. The van der Waals surface area contributed by atoms with E-state index in [0.29, 0.717) is 24.2 Å². The van der Waals surface area contributed by atoms with Crippen LogP contribution in [-0.2, 0) is 24.6 Å². The highest BCUT2D eigenvalue weighted by atomic mass is 32.1. The maximum Gasteiger partial charge on any atom is 0.443 e. The molecule has 1 aliphatic rings. The van der Waals surface area contributed by atoms with Gasteiger partial charge in [0.25, 0.3) is 0 Å². The monoisotopic (exact) mass is 285 g/mol. The van der Waals surface area contributed by atoms with Gasteiger partial charge in [-0.05, 0) is 11.1 Å². The molecule has 2 nitrogen and oxygen atoms in total. The first kappa shape index (κ1) is 12.6. The van der Waals surface area contributed by atoms with E-state index < -0.39 is 16.8 Å².